The Morgan fingerprint density at radius 2 is 1.80 bits per heavy atom. The lowest BCUT2D eigenvalue weighted by Crippen LogP contribution is -2.39. The molecular weight excluding hydrogens is 492 g/mol. The van der Waals surface area contributed by atoms with E-state index in [-0.39, 0.29) is 29.8 Å². The first-order valence-electron chi connectivity index (χ1n) is 9.89. The highest BCUT2D eigenvalue weighted by Gasteiger charge is 2.05. The number of imidazole rings is 1. The van der Waals surface area contributed by atoms with Crippen molar-refractivity contribution in [2.24, 2.45) is 4.99 Å². The van der Waals surface area contributed by atoms with E-state index in [2.05, 4.69) is 49.4 Å². The second kappa shape index (κ2) is 12.3. The third-order valence-electron chi connectivity index (χ3n) is 4.85. The second-order valence-electron chi connectivity index (χ2n) is 6.95. The van der Waals surface area contributed by atoms with Gasteiger partial charge in [0.2, 0.25) is 0 Å². The van der Waals surface area contributed by atoms with E-state index in [4.69, 9.17) is 0 Å². The summed E-state index contributed by atoms with van der Waals surface area (Å²) in [6.07, 6.45) is 5.47. The van der Waals surface area contributed by atoms with Crippen LogP contribution in [0.1, 0.15) is 22.5 Å². The van der Waals surface area contributed by atoms with Crippen LogP contribution in [0.15, 0.2) is 65.9 Å². The smallest absolute Gasteiger partial charge is 0.191 e. The summed E-state index contributed by atoms with van der Waals surface area (Å²) in [6.45, 7) is 4.22. The van der Waals surface area contributed by atoms with Gasteiger partial charge >= 0.3 is 0 Å². The summed E-state index contributed by atoms with van der Waals surface area (Å²) in [5, 5.41) is 6.65. The van der Waals surface area contributed by atoms with Crippen LogP contribution in [-0.4, -0.2) is 35.6 Å². The van der Waals surface area contributed by atoms with Gasteiger partial charge in [0.15, 0.2) is 5.96 Å². The Labute approximate surface area is 194 Å². The lowest BCUT2D eigenvalue weighted by molar-refractivity contribution is 0.625. The summed E-state index contributed by atoms with van der Waals surface area (Å²) in [6, 6.07) is 15.3. The van der Waals surface area contributed by atoms with Crippen molar-refractivity contribution in [3.05, 3.63) is 89.3 Å². The zero-order chi connectivity index (χ0) is 20.5. The summed E-state index contributed by atoms with van der Waals surface area (Å²) in [5.74, 6) is 1.60. The molecule has 0 saturated carbocycles. The van der Waals surface area contributed by atoms with Gasteiger partial charge in [-0.25, -0.2) is 9.37 Å². The predicted octanol–water partition coefficient (Wildman–Crippen LogP) is 3.95. The number of aromatic nitrogens is 2. The van der Waals surface area contributed by atoms with Gasteiger partial charge in [-0.1, -0.05) is 36.4 Å². The summed E-state index contributed by atoms with van der Waals surface area (Å²) in [5.41, 5.74) is 3.37. The first-order chi connectivity index (χ1) is 14.2. The first-order valence-corrected chi connectivity index (χ1v) is 9.89. The number of hydrogen-bond acceptors (Lipinski definition) is 2. The maximum Gasteiger partial charge on any atom is 0.191 e. The van der Waals surface area contributed by atoms with Gasteiger partial charge in [0.1, 0.15) is 11.6 Å². The number of aliphatic imine (C=N–C) groups is 1. The van der Waals surface area contributed by atoms with Crippen LogP contribution >= 0.6 is 24.0 Å². The van der Waals surface area contributed by atoms with Crippen LogP contribution in [0, 0.1) is 12.7 Å². The third-order valence-corrected chi connectivity index (χ3v) is 4.85. The number of aryl methyl sites for hydroxylation is 1. The van der Waals surface area contributed by atoms with E-state index in [9.17, 15) is 4.39 Å². The van der Waals surface area contributed by atoms with E-state index in [0.717, 1.165) is 55.4 Å². The SMILES string of the molecule is CN=C(NCCc1ccc(F)cc1C)NCCc1nccn1Cc1ccccc1.I. The molecule has 0 spiro atoms. The highest BCUT2D eigenvalue weighted by atomic mass is 127. The molecule has 1 aromatic heterocycles. The van der Waals surface area contributed by atoms with Crippen molar-refractivity contribution < 1.29 is 4.39 Å². The van der Waals surface area contributed by atoms with Gasteiger partial charge in [-0.2, -0.15) is 0 Å². The van der Waals surface area contributed by atoms with E-state index < -0.39 is 0 Å². The van der Waals surface area contributed by atoms with Gasteiger partial charge in [0.25, 0.3) is 0 Å². The second-order valence-corrected chi connectivity index (χ2v) is 6.95. The molecule has 0 radical (unpaired) electrons. The Hall–Kier alpha value is -2.42. The number of guanidine groups is 1. The molecule has 3 rings (SSSR count). The van der Waals surface area contributed by atoms with Crippen LogP contribution in [0.3, 0.4) is 0 Å². The maximum absolute atomic E-state index is 13.2. The molecule has 3 aromatic rings. The lowest BCUT2D eigenvalue weighted by Gasteiger charge is -2.13. The van der Waals surface area contributed by atoms with Gasteiger partial charge < -0.3 is 15.2 Å². The zero-order valence-electron chi connectivity index (χ0n) is 17.4. The molecule has 2 N–H and O–H groups in total. The Kier molecular flexibility index (Phi) is 9.79. The first kappa shape index (κ1) is 23.9. The number of halogens is 2. The molecule has 160 valence electrons. The fraction of sp³-hybridized carbons (Fsp3) is 0.304. The highest BCUT2D eigenvalue weighted by molar-refractivity contribution is 14.0. The highest BCUT2D eigenvalue weighted by Crippen LogP contribution is 2.10. The van der Waals surface area contributed by atoms with Crippen molar-refractivity contribution in [1.82, 2.24) is 20.2 Å². The standard InChI is InChI=1S/C23H28FN5.HI/c1-18-16-21(24)9-8-20(18)10-12-27-23(25-2)28-13-11-22-26-14-15-29(22)17-19-6-4-3-5-7-19;/h3-9,14-16H,10-13,17H2,1-2H3,(H2,25,27,28);1H. The molecule has 0 unspecified atom stereocenters. The Bertz CT molecular complexity index is 940. The molecule has 5 nitrogen and oxygen atoms in total. The number of nitrogens with one attached hydrogen (secondary N) is 2. The predicted molar refractivity (Wildman–Crippen MR) is 131 cm³/mol. The van der Waals surface area contributed by atoms with Crippen molar-refractivity contribution in [2.45, 2.75) is 26.3 Å². The van der Waals surface area contributed by atoms with Crippen molar-refractivity contribution in [3.63, 3.8) is 0 Å². The molecule has 30 heavy (non-hydrogen) atoms. The molecule has 1 heterocycles. The molecule has 0 bridgehead atoms. The molecule has 0 saturated heterocycles. The molecule has 0 atom stereocenters. The minimum absolute atomic E-state index is 0. The fourth-order valence-corrected chi connectivity index (χ4v) is 3.26. The molecular formula is C23H29FIN5. The van der Waals surface area contributed by atoms with Gasteiger partial charge in [0.05, 0.1) is 0 Å². The van der Waals surface area contributed by atoms with E-state index in [0.29, 0.717) is 0 Å². The Morgan fingerprint density at radius 3 is 2.50 bits per heavy atom. The normalized spacial score (nSPS) is 11.1. The molecule has 0 fully saturated rings. The minimum atomic E-state index is -0.192. The van der Waals surface area contributed by atoms with Crippen LogP contribution in [0.25, 0.3) is 0 Å². The summed E-state index contributed by atoms with van der Waals surface area (Å²) >= 11 is 0. The molecule has 7 heteroatoms. The minimum Gasteiger partial charge on any atom is -0.356 e. The van der Waals surface area contributed by atoms with Crippen LogP contribution in [0.2, 0.25) is 0 Å². The van der Waals surface area contributed by atoms with Crippen molar-refractivity contribution in [2.75, 3.05) is 20.1 Å². The number of benzene rings is 2. The van der Waals surface area contributed by atoms with Crippen LogP contribution < -0.4 is 10.6 Å². The number of hydrogen-bond donors (Lipinski definition) is 2. The van der Waals surface area contributed by atoms with E-state index >= 15 is 0 Å². The van der Waals surface area contributed by atoms with Gasteiger partial charge in [-0.05, 0) is 42.2 Å². The topological polar surface area (TPSA) is 54.2 Å². The van der Waals surface area contributed by atoms with Crippen LogP contribution in [0.4, 0.5) is 4.39 Å². The van der Waals surface area contributed by atoms with Crippen LogP contribution in [0.5, 0.6) is 0 Å². The lowest BCUT2D eigenvalue weighted by atomic mass is 10.1. The molecule has 0 aliphatic heterocycles. The van der Waals surface area contributed by atoms with Crippen molar-refractivity contribution in [1.29, 1.82) is 0 Å². The molecule has 2 aromatic carbocycles. The maximum atomic E-state index is 13.2. The fourth-order valence-electron chi connectivity index (χ4n) is 3.26. The van der Waals surface area contributed by atoms with Crippen molar-refractivity contribution in [3.8, 4) is 0 Å². The van der Waals surface area contributed by atoms with Gasteiger partial charge in [-0.3, -0.25) is 4.99 Å². The van der Waals surface area contributed by atoms with Crippen molar-refractivity contribution >= 4 is 29.9 Å². The molecule has 0 aliphatic rings. The Morgan fingerprint density at radius 1 is 1.07 bits per heavy atom. The largest absolute Gasteiger partial charge is 0.356 e. The van der Waals surface area contributed by atoms with E-state index in [1.807, 2.05) is 31.5 Å². The average Bonchev–Trinajstić information content (AvgIpc) is 3.16. The van der Waals surface area contributed by atoms with Gasteiger partial charge in [-0.15, -0.1) is 24.0 Å². The van der Waals surface area contributed by atoms with E-state index in [1.54, 1.807) is 13.1 Å². The van der Waals surface area contributed by atoms with Gasteiger partial charge in [0, 0.05) is 45.5 Å². The Balaban J connectivity index is 0.00000320. The third kappa shape index (κ3) is 7.12. The zero-order valence-corrected chi connectivity index (χ0v) is 19.8. The van der Waals surface area contributed by atoms with Crippen LogP contribution in [-0.2, 0) is 19.4 Å². The molecule has 0 amide bonds. The molecule has 0 aliphatic carbocycles. The summed E-state index contributed by atoms with van der Waals surface area (Å²) < 4.78 is 15.4. The average molecular weight is 521 g/mol. The van der Waals surface area contributed by atoms with E-state index in [1.165, 1.54) is 11.6 Å². The quantitative estimate of drug-likeness (QED) is 0.268. The monoisotopic (exact) mass is 521 g/mol. The number of nitrogens with zero attached hydrogens (tertiary/aromatic N) is 3. The number of rotatable bonds is 8. The summed E-state index contributed by atoms with van der Waals surface area (Å²) in [7, 11) is 1.76. The summed E-state index contributed by atoms with van der Waals surface area (Å²) in [4.78, 5) is 8.76.